The van der Waals surface area contributed by atoms with Crippen LogP contribution in [0, 0.1) is 6.92 Å². The van der Waals surface area contributed by atoms with Crippen LogP contribution in [0.1, 0.15) is 71.7 Å². The van der Waals surface area contributed by atoms with Crippen molar-refractivity contribution >= 4 is 34.3 Å². The Morgan fingerprint density at radius 2 is 2.10 bits per heavy atom. The summed E-state index contributed by atoms with van der Waals surface area (Å²) in [4.78, 5) is 23.3. The molecule has 9 heteroatoms. The summed E-state index contributed by atoms with van der Waals surface area (Å²) >= 11 is 3.33. The topological polar surface area (TPSA) is 80.5 Å². The Morgan fingerprint density at radius 3 is 2.74 bits per heavy atom. The highest BCUT2D eigenvalue weighted by molar-refractivity contribution is 8.00. The predicted molar refractivity (Wildman–Crippen MR) is 126 cm³/mol. The Hall–Kier alpha value is -1.74. The van der Waals surface area contributed by atoms with Gasteiger partial charge < -0.3 is 19.4 Å². The second-order valence-electron chi connectivity index (χ2n) is 9.96. The van der Waals surface area contributed by atoms with Gasteiger partial charge in [-0.2, -0.15) is 0 Å². The Bertz CT molecular complexity index is 895. The van der Waals surface area contributed by atoms with Crippen molar-refractivity contribution in [1.82, 2.24) is 14.9 Å². The molecule has 3 rings (SSSR count). The van der Waals surface area contributed by atoms with E-state index in [-0.39, 0.29) is 17.6 Å². The van der Waals surface area contributed by atoms with Crippen LogP contribution >= 0.6 is 23.1 Å². The molecule has 2 aromatic heterocycles. The van der Waals surface area contributed by atoms with E-state index in [0.717, 1.165) is 46.1 Å². The van der Waals surface area contributed by atoms with Crippen LogP contribution in [-0.4, -0.2) is 45.7 Å². The van der Waals surface area contributed by atoms with E-state index in [1.807, 2.05) is 33.9 Å². The van der Waals surface area contributed by atoms with E-state index in [4.69, 9.17) is 14.1 Å². The molecule has 1 N–H and O–H groups in total. The molecule has 1 fully saturated rings. The smallest absolute Gasteiger partial charge is 0.410 e. The number of carbonyl (C=O) groups is 1. The molecule has 0 radical (unpaired) electrons. The van der Waals surface area contributed by atoms with Crippen LogP contribution in [0.15, 0.2) is 14.8 Å². The first-order chi connectivity index (χ1) is 14.4. The molecule has 0 bridgehead atoms. The summed E-state index contributed by atoms with van der Waals surface area (Å²) in [5, 5.41) is 4.41. The van der Waals surface area contributed by atoms with Crippen molar-refractivity contribution in [1.29, 1.82) is 0 Å². The molecule has 1 amide bonds. The fourth-order valence-electron chi connectivity index (χ4n) is 3.19. The number of hydrogen-bond acceptors (Lipinski definition) is 8. The van der Waals surface area contributed by atoms with E-state index in [1.165, 1.54) is 0 Å². The Morgan fingerprint density at radius 1 is 1.35 bits per heavy atom. The molecule has 7 nitrogen and oxygen atoms in total. The maximum Gasteiger partial charge on any atom is 0.410 e. The molecule has 0 spiro atoms. The summed E-state index contributed by atoms with van der Waals surface area (Å²) in [6.07, 6.45) is 3.53. The zero-order valence-electron chi connectivity index (χ0n) is 19.6. The second kappa shape index (κ2) is 9.40. The van der Waals surface area contributed by atoms with Crippen molar-refractivity contribution in [3.8, 4) is 0 Å². The molecule has 172 valence electrons. The molecular formula is C22H34N4O3S2. The minimum Gasteiger partial charge on any atom is -0.444 e. The minimum absolute atomic E-state index is 0.0411. The first-order valence-electron chi connectivity index (χ1n) is 10.7. The fraction of sp³-hybridized carbons (Fsp3) is 0.682. The van der Waals surface area contributed by atoms with Gasteiger partial charge in [0.25, 0.3) is 0 Å². The largest absolute Gasteiger partial charge is 0.444 e. The van der Waals surface area contributed by atoms with Gasteiger partial charge in [-0.1, -0.05) is 32.1 Å². The van der Waals surface area contributed by atoms with E-state index < -0.39 is 5.60 Å². The zero-order valence-corrected chi connectivity index (χ0v) is 21.2. The van der Waals surface area contributed by atoms with Crippen molar-refractivity contribution in [2.24, 2.45) is 0 Å². The van der Waals surface area contributed by atoms with Crippen molar-refractivity contribution in [3.05, 3.63) is 23.5 Å². The third kappa shape index (κ3) is 6.87. The molecule has 0 aromatic carbocycles. The SMILES string of the molecule is Cc1nc(N[C@@H]2CCCN(C(=O)OC(C)(C)C)C2)sc1SCc1ncc(C(C)(C)C)o1. The van der Waals surface area contributed by atoms with Crippen LogP contribution in [0.2, 0.25) is 0 Å². The molecule has 31 heavy (non-hydrogen) atoms. The summed E-state index contributed by atoms with van der Waals surface area (Å²) < 4.78 is 12.6. The molecule has 1 saturated heterocycles. The number of anilines is 1. The van der Waals surface area contributed by atoms with Crippen LogP contribution in [0.4, 0.5) is 9.93 Å². The predicted octanol–water partition coefficient (Wildman–Crippen LogP) is 5.84. The number of thiazole rings is 1. The van der Waals surface area contributed by atoms with E-state index in [9.17, 15) is 4.79 Å². The standard InChI is InChI=1S/C22H34N4O3S2/c1-14-18(30-13-17-23-11-16(28-17)21(2,3)4)31-19(24-14)25-15-9-8-10-26(12-15)20(27)29-22(5,6)7/h11,15H,8-10,12-13H2,1-7H3,(H,24,25)/t15-/m1/s1. The summed E-state index contributed by atoms with van der Waals surface area (Å²) in [7, 11) is 0. The van der Waals surface area contributed by atoms with E-state index in [0.29, 0.717) is 12.3 Å². The van der Waals surface area contributed by atoms with Gasteiger partial charge in [-0.05, 0) is 40.5 Å². The zero-order chi connectivity index (χ0) is 22.8. The molecule has 0 saturated carbocycles. The number of likely N-dealkylation sites (tertiary alicyclic amines) is 1. The third-order valence-corrected chi connectivity index (χ3v) is 7.21. The first-order valence-corrected chi connectivity index (χ1v) is 12.5. The van der Waals surface area contributed by atoms with Crippen LogP contribution < -0.4 is 5.32 Å². The second-order valence-corrected chi connectivity index (χ2v) is 12.2. The average Bonchev–Trinajstić information content (AvgIpc) is 3.25. The maximum absolute atomic E-state index is 12.4. The number of aromatic nitrogens is 2. The summed E-state index contributed by atoms with van der Waals surface area (Å²) in [5.74, 6) is 2.31. The average molecular weight is 467 g/mol. The molecule has 2 aromatic rings. The number of amides is 1. The number of piperidine rings is 1. The highest BCUT2D eigenvalue weighted by Gasteiger charge is 2.28. The fourth-order valence-corrected chi connectivity index (χ4v) is 5.26. The van der Waals surface area contributed by atoms with E-state index >= 15 is 0 Å². The number of hydrogen-bond donors (Lipinski definition) is 1. The highest BCUT2D eigenvalue weighted by Crippen LogP contribution is 2.35. The molecular weight excluding hydrogens is 432 g/mol. The molecule has 0 aliphatic carbocycles. The van der Waals surface area contributed by atoms with Crippen LogP contribution in [0.25, 0.3) is 0 Å². The number of ether oxygens (including phenoxy) is 1. The normalized spacial score (nSPS) is 17.6. The summed E-state index contributed by atoms with van der Waals surface area (Å²) in [5.41, 5.74) is 0.479. The van der Waals surface area contributed by atoms with Gasteiger partial charge in [-0.15, -0.1) is 11.8 Å². The van der Waals surface area contributed by atoms with Crippen LogP contribution in [0.5, 0.6) is 0 Å². The quantitative estimate of drug-likeness (QED) is 0.554. The van der Waals surface area contributed by atoms with Gasteiger partial charge >= 0.3 is 6.09 Å². The van der Waals surface area contributed by atoms with Crippen molar-refractivity contribution in [3.63, 3.8) is 0 Å². The van der Waals surface area contributed by atoms with Crippen LogP contribution in [-0.2, 0) is 15.9 Å². The summed E-state index contributed by atoms with van der Waals surface area (Å²) in [6, 6.07) is 0.172. The third-order valence-electron chi connectivity index (χ3n) is 4.77. The number of rotatable bonds is 5. The van der Waals surface area contributed by atoms with Gasteiger partial charge in [0.05, 0.1) is 21.9 Å². The Balaban J connectivity index is 1.55. The monoisotopic (exact) mass is 466 g/mol. The highest BCUT2D eigenvalue weighted by atomic mass is 32.2. The summed E-state index contributed by atoms with van der Waals surface area (Å²) in [6.45, 7) is 15.4. The van der Waals surface area contributed by atoms with E-state index in [1.54, 1.807) is 28.0 Å². The van der Waals surface area contributed by atoms with E-state index in [2.05, 4.69) is 31.1 Å². The lowest BCUT2D eigenvalue weighted by molar-refractivity contribution is 0.0206. The maximum atomic E-state index is 12.4. The first kappa shape index (κ1) is 23.9. The van der Waals surface area contributed by atoms with Crippen LogP contribution in [0.3, 0.4) is 0 Å². The number of carbonyl (C=O) groups excluding carboxylic acids is 1. The number of nitrogens with one attached hydrogen (secondary N) is 1. The molecule has 0 unspecified atom stereocenters. The van der Waals surface area contributed by atoms with Crippen molar-refractivity contribution in [2.45, 2.75) is 88.3 Å². The lowest BCUT2D eigenvalue weighted by Crippen LogP contribution is -2.46. The Kier molecular flexibility index (Phi) is 7.25. The molecule has 1 aliphatic heterocycles. The van der Waals surface area contributed by atoms with Gasteiger partial charge in [-0.25, -0.2) is 14.8 Å². The minimum atomic E-state index is -0.480. The van der Waals surface area contributed by atoms with Gasteiger partial charge in [0, 0.05) is 24.5 Å². The molecule has 3 heterocycles. The van der Waals surface area contributed by atoms with Gasteiger partial charge in [-0.3, -0.25) is 0 Å². The van der Waals surface area contributed by atoms with Crippen molar-refractivity contribution < 1.29 is 13.9 Å². The van der Waals surface area contributed by atoms with Crippen molar-refractivity contribution in [2.75, 3.05) is 18.4 Å². The van der Waals surface area contributed by atoms with Gasteiger partial charge in [0.1, 0.15) is 11.4 Å². The number of oxazole rings is 1. The number of thioether (sulfide) groups is 1. The lowest BCUT2D eigenvalue weighted by atomic mass is 9.94. The van der Waals surface area contributed by atoms with Gasteiger partial charge in [0.2, 0.25) is 5.89 Å². The number of aryl methyl sites for hydroxylation is 1. The molecule has 1 aliphatic rings. The lowest BCUT2D eigenvalue weighted by Gasteiger charge is -2.34. The Labute approximate surface area is 193 Å². The van der Waals surface area contributed by atoms with Gasteiger partial charge in [0.15, 0.2) is 5.13 Å². The molecule has 1 atom stereocenters. The number of nitrogens with zero attached hydrogens (tertiary/aromatic N) is 3.